The van der Waals surface area contributed by atoms with Crippen molar-refractivity contribution < 1.29 is 29.6 Å². The summed E-state index contributed by atoms with van der Waals surface area (Å²) in [4.78, 5) is 17.9. The van der Waals surface area contributed by atoms with Gasteiger partial charge < -0.3 is 24.8 Å². The lowest BCUT2D eigenvalue weighted by Crippen LogP contribution is -2.45. The van der Waals surface area contributed by atoms with Gasteiger partial charge in [-0.05, 0) is 30.7 Å². The van der Waals surface area contributed by atoms with Crippen LogP contribution < -0.4 is 9.64 Å². The van der Waals surface area contributed by atoms with E-state index in [1.54, 1.807) is 24.4 Å². The zero-order valence-corrected chi connectivity index (χ0v) is 14.6. The molecule has 2 aliphatic heterocycles. The Morgan fingerprint density at radius 1 is 1.26 bits per heavy atom. The summed E-state index contributed by atoms with van der Waals surface area (Å²) in [6.45, 7) is 1.49. The third-order valence-corrected chi connectivity index (χ3v) is 4.90. The number of nitrogens with zero attached hydrogens (tertiary/aromatic N) is 2. The number of benzene rings is 1. The number of aliphatic hydroxyl groups excluding tert-OH is 3. The van der Waals surface area contributed by atoms with Crippen molar-refractivity contribution in [2.75, 3.05) is 18.1 Å². The Bertz CT molecular complexity index is 854. The van der Waals surface area contributed by atoms with Crippen LogP contribution in [-0.2, 0) is 4.74 Å². The minimum Gasteiger partial charge on any atom is -0.489 e. The van der Waals surface area contributed by atoms with E-state index in [9.17, 15) is 20.1 Å². The second-order valence-electron chi connectivity index (χ2n) is 6.69. The van der Waals surface area contributed by atoms with Gasteiger partial charge in [0.1, 0.15) is 24.5 Å². The maximum Gasteiger partial charge on any atom is 0.415 e. The van der Waals surface area contributed by atoms with Crippen LogP contribution in [0.2, 0.25) is 0 Å². The van der Waals surface area contributed by atoms with Crippen LogP contribution in [0.4, 0.5) is 10.5 Å². The van der Waals surface area contributed by atoms with Gasteiger partial charge in [0.2, 0.25) is 0 Å². The number of aliphatic hydroxyl groups is 3. The summed E-state index contributed by atoms with van der Waals surface area (Å²) in [5.41, 5.74) is 2.64. The lowest BCUT2D eigenvalue weighted by molar-refractivity contribution is 0.0278. The SMILES string of the molecule is C[C@@H](O)C(O)c1ccc(-c2ccc3c(c2)OC[C@H]2[C@H](CO)OC(=O)N32)cn1. The lowest BCUT2D eigenvalue weighted by atomic mass is 10.0. The Labute approximate surface area is 155 Å². The number of amides is 1. The summed E-state index contributed by atoms with van der Waals surface area (Å²) in [5.74, 6) is 0.549. The highest BCUT2D eigenvalue weighted by Crippen LogP contribution is 2.40. The molecule has 8 nitrogen and oxygen atoms in total. The molecule has 8 heteroatoms. The first kappa shape index (κ1) is 17.7. The number of carbonyl (C=O) groups excluding carboxylic acids is 1. The van der Waals surface area contributed by atoms with Crippen LogP contribution in [0, 0.1) is 0 Å². The van der Waals surface area contributed by atoms with Crippen molar-refractivity contribution in [2.45, 2.75) is 31.3 Å². The number of hydrogen-bond donors (Lipinski definition) is 3. The van der Waals surface area contributed by atoms with Crippen LogP contribution in [0.3, 0.4) is 0 Å². The maximum absolute atomic E-state index is 12.1. The van der Waals surface area contributed by atoms with E-state index in [0.717, 1.165) is 11.1 Å². The number of aromatic nitrogens is 1. The molecule has 1 amide bonds. The van der Waals surface area contributed by atoms with Crippen LogP contribution in [0.25, 0.3) is 11.1 Å². The summed E-state index contributed by atoms with van der Waals surface area (Å²) >= 11 is 0. The van der Waals surface area contributed by atoms with Crippen molar-refractivity contribution >= 4 is 11.8 Å². The van der Waals surface area contributed by atoms with Gasteiger partial charge >= 0.3 is 6.09 Å². The molecule has 0 spiro atoms. The van der Waals surface area contributed by atoms with E-state index in [0.29, 0.717) is 17.1 Å². The highest BCUT2D eigenvalue weighted by Gasteiger charge is 2.46. The van der Waals surface area contributed by atoms with Gasteiger partial charge in [0.15, 0.2) is 6.10 Å². The fraction of sp³-hybridized carbons (Fsp3) is 0.368. The van der Waals surface area contributed by atoms with E-state index in [1.165, 1.54) is 11.8 Å². The van der Waals surface area contributed by atoms with Crippen molar-refractivity contribution in [1.82, 2.24) is 4.98 Å². The molecule has 0 saturated carbocycles. The largest absolute Gasteiger partial charge is 0.489 e. The van der Waals surface area contributed by atoms with E-state index < -0.39 is 24.4 Å². The zero-order chi connectivity index (χ0) is 19.1. The zero-order valence-electron chi connectivity index (χ0n) is 14.6. The fourth-order valence-electron chi connectivity index (χ4n) is 3.37. The minimum atomic E-state index is -1.04. The molecule has 3 heterocycles. The third-order valence-electron chi connectivity index (χ3n) is 4.90. The number of rotatable bonds is 4. The normalized spacial score (nSPS) is 23.1. The van der Waals surface area contributed by atoms with Gasteiger partial charge in [-0.2, -0.15) is 0 Å². The number of hydrogen-bond acceptors (Lipinski definition) is 7. The summed E-state index contributed by atoms with van der Waals surface area (Å²) < 4.78 is 11.0. The van der Waals surface area contributed by atoms with E-state index in [2.05, 4.69) is 4.98 Å². The Balaban J connectivity index is 1.62. The molecule has 1 unspecified atom stereocenters. The van der Waals surface area contributed by atoms with Crippen LogP contribution >= 0.6 is 0 Å². The molecule has 1 aromatic carbocycles. The molecule has 1 saturated heterocycles. The summed E-state index contributed by atoms with van der Waals surface area (Å²) in [7, 11) is 0. The second-order valence-corrected chi connectivity index (χ2v) is 6.69. The molecule has 3 N–H and O–H groups in total. The monoisotopic (exact) mass is 372 g/mol. The smallest absolute Gasteiger partial charge is 0.415 e. The average molecular weight is 372 g/mol. The molecule has 4 rings (SSSR count). The van der Waals surface area contributed by atoms with Crippen LogP contribution in [0.1, 0.15) is 18.7 Å². The number of fused-ring (bicyclic) bond motifs is 3. The quantitative estimate of drug-likeness (QED) is 0.740. The van der Waals surface area contributed by atoms with Gasteiger partial charge in [-0.3, -0.25) is 9.88 Å². The highest BCUT2D eigenvalue weighted by atomic mass is 16.6. The highest BCUT2D eigenvalue weighted by molar-refractivity contribution is 5.94. The molecule has 2 aromatic rings. The van der Waals surface area contributed by atoms with Gasteiger partial charge in [0, 0.05) is 11.8 Å². The Morgan fingerprint density at radius 2 is 2.04 bits per heavy atom. The second kappa shape index (κ2) is 6.80. The third kappa shape index (κ3) is 3.01. The van der Waals surface area contributed by atoms with Crippen molar-refractivity contribution in [3.8, 4) is 16.9 Å². The van der Waals surface area contributed by atoms with Crippen molar-refractivity contribution in [3.63, 3.8) is 0 Å². The number of pyridine rings is 1. The molecule has 0 aliphatic carbocycles. The molecule has 4 atom stereocenters. The number of carbonyl (C=O) groups is 1. The first-order chi connectivity index (χ1) is 13.0. The molecule has 1 fully saturated rings. The predicted molar refractivity (Wildman–Crippen MR) is 95.4 cm³/mol. The fourth-order valence-corrected chi connectivity index (χ4v) is 3.37. The van der Waals surface area contributed by atoms with Gasteiger partial charge in [-0.1, -0.05) is 12.1 Å². The van der Waals surface area contributed by atoms with Crippen molar-refractivity contribution in [1.29, 1.82) is 0 Å². The van der Waals surface area contributed by atoms with Gasteiger partial charge in [0.25, 0.3) is 0 Å². The first-order valence-corrected chi connectivity index (χ1v) is 8.69. The summed E-state index contributed by atoms with van der Waals surface area (Å²) in [6.07, 6.45) is -1.42. The van der Waals surface area contributed by atoms with Crippen LogP contribution in [0.15, 0.2) is 36.5 Å². The molecule has 142 valence electrons. The summed E-state index contributed by atoms with van der Waals surface area (Å²) in [6, 6.07) is 8.54. The van der Waals surface area contributed by atoms with E-state index in [4.69, 9.17) is 9.47 Å². The predicted octanol–water partition coefficient (Wildman–Crippen LogP) is 1.24. The summed E-state index contributed by atoms with van der Waals surface area (Å²) in [5, 5.41) is 28.7. The Kier molecular flexibility index (Phi) is 4.47. The van der Waals surface area contributed by atoms with Crippen LogP contribution in [-0.4, -0.2) is 57.9 Å². The van der Waals surface area contributed by atoms with Gasteiger partial charge in [-0.25, -0.2) is 4.79 Å². The molecule has 27 heavy (non-hydrogen) atoms. The van der Waals surface area contributed by atoms with Crippen molar-refractivity contribution in [3.05, 3.63) is 42.2 Å². The minimum absolute atomic E-state index is 0.241. The average Bonchev–Trinajstić information content (AvgIpc) is 3.03. The molecular weight excluding hydrogens is 352 g/mol. The van der Waals surface area contributed by atoms with Gasteiger partial charge in [0.05, 0.1) is 24.1 Å². The standard InChI is InChI=1S/C19H20N2O6/c1-10(23)18(24)13-4-2-12(7-20-13)11-3-5-14-16(6-11)26-9-15-17(8-22)27-19(25)21(14)15/h2-7,10,15,17-18,22-24H,8-9H2,1H3/t10-,15+,17+,18?/m1/s1. The Hall–Kier alpha value is -2.68. The topological polar surface area (TPSA) is 112 Å². The number of cyclic esters (lactones) is 1. The van der Waals surface area contributed by atoms with E-state index in [1.807, 2.05) is 12.1 Å². The number of anilines is 1. The maximum atomic E-state index is 12.1. The molecule has 1 aromatic heterocycles. The van der Waals surface area contributed by atoms with Crippen LogP contribution in [0.5, 0.6) is 5.75 Å². The molecular formula is C19H20N2O6. The van der Waals surface area contributed by atoms with E-state index >= 15 is 0 Å². The first-order valence-electron chi connectivity index (χ1n) is 8.69. The van der Waals surface area contributed by atoms with Gasteiger partial charge in [-0.15, -0.1) is 0 Å². The van der Waals surface area contributed by atoms with Crippen molar-refractivity contribution in [2.24, 2.45) is 0 Å². The molecule has 0 bridgehead atoms. The number of ether oxygens (including phenoxy) is 2. The van der Waals surface area contributed by atoms with E-state index in [-0.39, 0.29) is 19.3 Å². The molecule has 2 aliphatic rings. The molecule has 0 radical (unpaired) electrons. The lowest BCUT2D eigenvalue weighted by Gasteiger charge is -2.31. The Morgan fingerprint density at radius 3 is 2.70 bits per heavy atom.